The maximum absolute atomic E-state index is 11.9. The van der Waals surface area contributed by atoms with Gasteiger partial charge in [-0.15, -0.1) is 13.2 Å². The van der Waals surface area contributed by atoms with Crippen LogP contribution in [0.1, 0.15) is 0 Å². The van der Waals surface area contributed by atoms with Gasteiger partial charge in [0.1, 0.15) is 0 Å². The summed E-state index contributed by atoms with van der Waals surface area (Å²) < 4.78 is 10.6. The largest absolute Gasteiger partial charge is 0.493 e. The third-order valence-corrected chi connectivity index (χ3v) is 2.51. The van der Waals surface area contributed by atoms with E-state index in [2.05, 4.69) is 18.5 Å². The van der Waals surface area contributed by atoms with Gasteiger partial charge in [0, 0.05) is 13.1 Å². The van der Waals surface area contributed by atoms with E-state index in [0.29, 0.717) is 24.6 Å². The molecule has 0 aliphatic carbocycles. The second kappa shape index (κ2) is 8.63. The molecule has 0 aromatic heterocycles. The Balaban J connectivity index is 2.48. The number of benzene rings is 1. The van der Waals surface area contributed by atoms with E-state index in [-0.39, 0.29) is 12.8 Å². The summed E-state index contributed by atoms with van der Waals surface area (Å²) in [5.74, 6) is 1.20. The quantitative estimate of drug-likeness (QED) is 0.586. The van der Waals surface area contributed by atoms with Crippen molar-refractivity contribution >= 4 is 6.03 Å². The highest BCUT2D eigenvalue weighted by Crippen LogP contribution is 2.25. The molecule has 5 nitrogen and oxygen atoms in total. The van der Waals surface area contributed by atoms with Crippen LogP contribution in [0.25, 0.3) is 0 Å². The zero-order chi connectivity index (χ0) is 14.8. The summed E-state index contributed by atoms with van der Waals surface area (Å²) in [6, 6.07) is 7.01. The number of carbonyl (C=O) groups excluding carboxylic acids is 1. The molecule has 0 unspecified atom stereocenters. The minimum absolute atomic E-state index is 0.0595. The molecule has 1 aromatic rings. The second-order valence-electron chi connectivity index (χ2n) is 3.90. The highest BCUT2D eigenvalue weighted by atomic mass is 16.5. The molecule has 0 bridgehead atoms. The van der Waals surface area contributed by atoms with Gasteiger partial charge in [-0.2, -0.15) is 0 Å². The van der Waals surface area contributed by atoms with Crippen LogP contribution in [0.4, 0.5) is 4.79 Å². The zero-order valence-electron chi connectivity index (χ0n) is 11.7. The minimum Gasteiger partial charge on any atom is -0.493 e. The first-order valence-electron chi connectivity index (χ1n) is 6.23. The third kappa shape index (κ3) is 4.68. The van der Waals surface area contributed by atoms with Gasteiger partial charge in [-0.3, -0.25) is 0 Å². The summed E-state index contributed by atoms with van der Waals surface area (Å²) in [7, 11) is 1.57. The summed E-state index contributed by atoms with van der Waals surface area (Å²) in [4.78, 5) is 13.4. The normalized spacial score (nSPS) is 9.45. The zero-order valence-corrected chi connectivity index (χ0v) is 11.7. The smallest absolute Gasteiger partial charge is 0.320 e. The second-order valence-corrected chi connectivity index (χ2v) is 3.90. The van der Waals surface area contributed by atoms with Crippen molar-refractivity contribution in [2.24, 2.45) is 0 Å². The highest BCUT2D eigenvalue weighted by molar-refractivity contribution is 5.74. The lowest BCUT2D eigenvalue weighted by molar-refractivity contribution is 0.192. The monoisotopic (exact) mass is 276 g/mol. The average molecular weight is 276 g/mol. The SMILES string of the molecule is C=CCN(CC=C)C(=O)NCOc1ccccc1OC. The van der Waals surface area contributed by atoms with E-state index < -0.39 is 0 Å². The molecule has 2 amide bonds. The van der Waals surface area contributed by atoms with Crippen LogP contribution in [-0.4, -0.2) is 37.9 Å². The van der Waals surface area contributed by atoms with E-state index in [1.807, 2.05) is 12.1 Å². The highest BCUT2D eigenvalue weighted by Gasteiger charge is 2.10. The van der Waals surface area contributed by atoms with Crippen LogP contribution < -0.4 is 14.8 Å². The van der Waals surface area contributed by atoms with Crippen LogP contribution >= 0.6 is 0 Å². The Morgan fingerprint density at radius 1 is 1.25 bits per heavy atom. The number of carbonyl (C=O) groups is 1. The maximum atomic E-state index is 11.9. The molecule has 5 heteroatoms. The van der Waals surface area contributed by atoms with E-state index in [1.165, 1.54) is 0 Å². The number of rotatable bonds is 8. The standard InChI is InChI=1S/C15H20N2O3/c1-4-10-17(11-5-2)15(18)16-12-20-14-9-7-6-8-13(14)19-3/h4-9H,1-2,10-12H2,3H3,(H,16,18). The van der Waals surface area contributed by atoms with Crippen LogP contribution in [0.2, 0.25) is 0 Å². The Labute approximate surface area is 119 Å². The number of hydrogen-bond acceptors (Lipinski definition) is 3. The van der Waals surface area contributed by atoms with Crippen molar-refractivity contribution in [3.05, 3.63) is 49.6 Å². The summed E-state index contributed by atoms with van der Waals surface area (Å²) in [5, 5.41) is 2.67. The van der Waals surface area contributed by atoms with E-state index in [0.717, 1.165) is 0 Å². The Morgan fingerprint density at radius 2 is 1.85 bits per heavy atom. The first-order valence-corrected chi connectivity index (χ1v) is 6.23. The Morgan fingerprint density at radius 3 is 2.40 bits per heavy atom. The number of urea groups is 1. The van der Waals surface area contributed by atoms with E-state index >= 15 is 0 Å². The Hall–Kier alpha value is -2.43. The topological polar surface area (TPSA) is 50.8 Å². The molecular weight excluding hydrogens is 256 g/mol. The molecule has 0 spiro atoms. The van der Waals surface area contributed by atoms with Crippen molar-refractivity contribution in [1.29, 1.82) is 0 Å². The lowest BCUT2D eigenvalue weighted by Crippen LogP contribution is -2.41. The van der Waals surface area contributed by atoms with Gasteiger partial charge in [0.25, 0.3) is 0 Å². The molecular formula is C15H20N2O3. The summed E-state index contributed by atoms with van der Waals surface area (Å²) in [5.41, 5.74) is 0. The molecule has 1 aromatic carbocycles. The van der Waals surface area contributed by atoms with Gasteiger partial charge in [-0.05, 0) is 12.1 Å². The number of hydrogen-bond donors (Lipinski definition) is 1. The molecule has 0 heterocycles. The van der Waals surface area contributed by atoms with Crippen LogP contribution in [0, 0.1) is 0 Å². The number of amides is 2. The molecule has 1 N–H and O–H groups in total. The maximum Gasteiger partial charge on any atom is 0.320 e. The van der Waals surface area contributed by atoms with Crippen LogP contribution in [-0.2, 0) is 0 Å². The number of para-hydroxylation sites is 2. The van der Waals surface area contributed by atoms with E-state index in [4.69, 9.17) is 9.47 Å². The average Bonchev–Trinajstić information content (AvgIpc) is 2.47. The first-order chi connectivity index (χ1) is 9.72. The first kappa shape index (κ1) is 15.6. The molecule has 1 rings (SSSR count). The van der Waals surface area contributed by atoms with Crippen LogP contribution in [0.5, 0.6) is 11.5 Å². The summed E-state index contributed by atoms with van der Waals surface area (Å²) in [6.45, 7) is 8.19. The van der Waals surface area contributed by atoms with Crippen LogP contribution in [0.15, 0.2) is 49.6 Å². The van der Waals surface area contributed by atoms with Gasteiger partial charge in [-0.25, -0.2) is 4.79 Å². The molecule has 108 valence electrons. The lowest BCUT2D eigenvalue weighted by Gasteiger charge is -2.20. The minimum atomic E-state index is -0.236. The number of nitrogens with zero attached hydrogens (tertiary/aromatic N) is 1. The summed E-state index contributed by atoms with van der Waals surface area (Å²) in [6.07, 6.45) is 3.31. The molecule has 0 radical (unpaired) electrons. The number of nitrogens with one attached hydrogen (secondary N) is 1. The van der Waals surface area contributed by atoms with Gasteiger partial charge in [0.05, 0.1) is 7.11 Å². The number of ether oxygens (including phenoxy) is 2. The fraction of sp³-hybridized carbons (Fsp3) is 0.267. The molecule has 20 heavy (non-hydrogen) atoms. The van der Waals surface area contributed by atoms with Crippen molar-refractivity contribution in [2.75, 3.05) is 26.9 Å². The van der Waals surface area contributed by atoms with Gasteiger partial charge in [0.15, 0.2) is 18.2 Å². The van der Waals surface area contributed by atoms with Crippen LogP contribution in [0.3, 0.4) is 0 Å². The Kier molecular flexibility index (Phi) is 6.75. The predicted molar refractivity (Wildman–Crippen MR) is 79.0 cm³/mol. The predicted octanol–water partition coefficient (Wildman–Crippen LogP) is 2.42. The molecule has 0 fully saturated rings. The van der Waals surface area contributed by atoms with Gasteiger partial charge >= 0.3 is 6.03 Å². The molecule has 0 saturated heterocycles. The van der Waals surface area contributed by atoms with Crippen molar-refractivity contribution in [1.82, 2.24) is 10.2 Å². The molecule has 0 atom stereocenters. The molecule has 0 aliphatic rings. The van der Waals surface area contributed by atoms with Crippen molar-refractivity contribution in [3.8, 4) is 11.5 Å². The fourth-order valence-electron chi connectivity index (χ4n) is 1.58. The lowest BCUT2D eigenvalue weighted by atomic mass is 10.3. The van der Waals surface area contributed by atoms with E-state index in [9.17, 15) is 4.79 Å². The van der Waals surface area contributed by atoms with E-state index in [1.54, 1.807) is 36.3 Å². The van der Waals surface area contributed by atoms with Gasteiger partial charge in [-0.1, -0.05) is 24.3 Å². The molecule has 0 aliphatic heterocycles. The molecule has 0 saturated carbocycles. The van der Waals surface area contributed by atoms with Gasteiger partial charge < -0.3 is 19.7 Å². The van der Waals surface area contributed by atoms with Crippen molar-refractivity contribution in [2.45, 2.75) is 0 Å². The Bertz CT molecular complexity index is 450. The van der Waals surface area contributed by atoms with Crippen molar-refractivity contribution in [3.63, 3.8) is 0 Å². The fourth-order valence-corrected chi connectivity index (χ4v) is 1.58. The number of methoxy groups -OCH3 is 1. The van der Waals surface area contributed by atoms with Crippen molar-refractivity contribution < 1.29 is 14.3 Å². The summed E-state index contributed by atoms with van der Waals surface area (Å²) >= 11 is 0. The van der Waals surface area contributed by atoms with Gasteiger partial charge in [0.2, 0.25) is 0 Å². The third-order valence-electron chi connectivity index (χ3n) is 2.51.